The number of carbonyl (C=O) groups excluding carboxylic acids is 2. The molecule has 2 amide bonds. The van der Waals surface area contributed by atoms with Gasteiger partial charge in [-0.1, -0.05) is 11.6 Å². The molecule has 0 fully saturated rings. The van der Waals surface area contributed by atoms with Crippen LogP contribution in [0.4, 0.5) is 15.8 Å². The van der Waals surface area contributed by atoms with Crippen LogP contribution in [-0.4, -0.2) is 43.5 Å². The van der Waals surface area contributed by atoms with Gasteiger partial charge < -0.3 is 15.4 Å². The average Bonchev–Trinajstić information content (AvgIpc) is 2.63. The molecule has 144 valence electrons. The van der Waals surface area contributed by atoms with Gasteiger partial charge in [-0.2, -0.15) is 0 Å². The Labute approximate surface area is 162 Å². The van der Waals surface area contributed by atoms with Gasteiger partial charge in [0.05, 0.1) is 25.4 Å². The molecule has 0 heterocycles. The molecule has 2 N–H and O–H groups in total. The van der Waals surface area contributed by atoms with Crippen molar-refractivity contribution in [1.29, 1.82) is 0 Å². The fraction of sp³-hybridized carbons (Fsp3) is 0.263. The molecule has 6 nitrogen and oxygen atoms in total. The van der Waals surface area contributed by atoms with Gasteiger partial charge in [-0.15, -0.1) is 0 Å². The Balaban J connectivity index is 1.94. The van der Waals surface area contributed by atoms with E-state index in [1.54, 1.807) is 37.1 Å². The molecular formula is C19H21ClFN3O3. The predicted molar refractivity (Wildman–Crippen MR) is 104 cm³/mol. The molecule has 0 bridgehead atoms. The van der Waals surface area contributed by atoms with E-state index in [4.69, 9.17) is 16.3 Å². The van der Waals surface area contributed by atoms with E-state index in [-0.39, 0.29) is 24.2 Å². The summed E-state index contributed by atoms with van der Waals surface area (Å²) in [5.74, 6) is -0.527. The summed E-state index contributed by atoms with van der Waals surface area (Å²) in [6.45, 7) is 1.65. The number of benzene rings is 2. The van der Waals surface area contributed by atoms with Gasteiger partial charge in [-0.05, 0) is 56.4 Å². The summed E-state index contributed by atoms with van der Waals surface area (Å²) >= 11 is 5.95. The second-order valence-electron chi connectivity index (χ2n) is 5.98. The van der Waals surface area contributed by atoms with Gasteiger partial charge in [-0.25, -0.2) is 4.39 Å². The number of anilines is 2. The zero-order valence-electron chi connectivity index (χ0n) is 15.3. The molecule has 0 saturated carbocycles. The van der Waals surface area contributed by atoms with Gasteiger partial charge in [-0.3, -0.25) is 14.5 Å². The number of nitrogens with one attached hydrogen (secondary N) is 2. The molecule has 2 aromatic rings. The maximum atomic E-state index is 12.9. The van der Waals surface area contributed by atoms with E-state index in [9.17, 15) is 14.0 Å². The first kappa shape index (κ1) is 20.7. The van der Waals surface area contributed by atoms with Crippen molar-refractivity contribution in [1.82, 2.24) is 4.90 Å². The predicted octanol–water partition coefficient (Wildman–Crippen LogP) is 3.39. The summed E-state index contributed by atoms with van der Waals surface area (Å²) in [6, 6.07) is 9.77. The van der Waals surface area contributed by atoms with Gasteiger partial charge in [0.25, 0.3) is 0 Å². The zero-order chi connectivity index (χ0) is 20.0. The summed E-state index contributed by atoms with van der Waals surface area (Å²) in [4.78, 5) is 26.2. The number of likely N-dealkylation sites (N-methyl/N-ethyl adjacent to an activating group) is 1. The Morgan fingerprint density at radius 2 is 1.85 bits per heavy atom. The fourth-order valence-electron chi connectivity index (χ4n) is 2.31. The van der Waals surface area contributed by atoms with E-state index in [2.05, 4.69) is 10.6 Å². The minimum Gasteiger partial charge on any atom is -0.495 e. The molecule has 27 heavy (non-hydrogen) atoms. The van der Waals surface area contributed by atoms with Crippen molar-refractivity contribution in [2.45, 2.75) is 13.0 Å². The van der Waals surface area contributed by atoms with Crippen LogP contribution in [-0.2, 0) is 9.59 Å². The van der Waals surface area contributed by atoms with Gasteiger partial charge in [0.1, 0.15) is 11.6 Å². The van der Waals surface area contributed by atoms with Crippen LogP contribution < -0.4 is 15.4 Å². The number of hydrogen-bond acceptors (Lipinski definition) is 4. The van der Waals surface area contributed by atoms with E-state index in [0.717, 1.165) is 0 Å². The summed E-state index contributed by atoms with van der Waals surface area (Å²) in [6.07, 6.45) is 0. The summed E-state index contributed by atoms with van der Waals surface area (Å²) in [5, 5.41) is 5.87. The number of carbonyl (C=O) groups is 2. The number of amides is 2. The molecule has 1 atom stereocenters. The highest BCUT2D eigenvalue weighted by Gasteiger charge is 2.21. The van der Waals surface area contributed by atoms with Crippen molar-refractivity contribution in [2.24, 2.45) is 0 Å². The first-order valence-electron chi connectivity index (χ1n) is 8.20. The standard InChI is InChI=1S/C19H21ClFN3O3/c1-12(19(26)22-15-7-5-14(21)6-8-15)24(2)11-18(25)23-16-10-13(20)4-9-17(16)27-3/h4-10,12H,11H2,1-3H3,(H,22,26)(H,23,25)/t12-/m0/s1. The van der Waals surface area contributed by atoms with E-state index >= 15 is 0 Å². The molecule has 8 heteroatoms. The van der Waals surface area contributed by atoms with Crippen molar-refractivity contribution < 1.29 is 18.7 Å². The minimum absolute atomic E-state index is 0.0202. The highest BCUT2D eigenvalue weighted by atomic mass is 35.5. The van der Waals surface area contributed by atoms with Crippen LogP contribution in [0.1, 0.15) is 6.92 Å². The summed E-state index contributed by atoms with van der Waals surface area (Å²) in [7, 11) is 3.15. The maximum Gasteiger partial charge on any atom is 0.241 e. The third-order valence-electron chi connectivity index (χ3n) is 3.98. The number of nitrogens with zero attached hydrogens (tertiary/aromatic N) is 1. The van der Waals surface area contributed by atoms with Gasteiger partial charge in [0, 0.05) is 10.7 Å². The molecule has 0 radical (unpaired) electrons. The van der Waals surface area contributed by atoms with Crippen LogP contribution in [0, 0.1) is 5.82 Å². The molecule has 2 rings (SSSR count). The van der Waals surface area contributed by atoms with E-state index in [1.165, 1.54) is 31.4 Å². The Morgan fingerprint density at radius 3 is 2.48 bits per heavy atom. The van der Waals surface area contributed by atoms with Crippen LogP contribution in [0.3, 0.4) is 0 Å². The molecule has 2 aromatic carbocycles. The minimum atomic E-state index is -0.581. The number of halogens is 2. The third kappa shape index (κ3) is 5.94. The number of rotatable bonds is 7. The molecule has 0 unspecified atom stereocenters. The largest absolute Gasteiger partial charge is 0.495 e. The molecular weight excluding hydrogens is 373 g/mol. The molecule has 0 aliphatic rings. The first-order valence-corrected chi connectivity index (χ1v) is 8.58. The number of hydrogen-bond donors (Lipinski definition) is 2. The van der Waals surface area contributed by atoms with Gasteiger partial charge >= 0.3 is 0 Å². The quantitative estimate of drug-likeness (QED) is 0.756. The Kier molecular flexibility index (Phi) is 7.15. The summed E-state index contributed by atoms with van der Waals surface area (Å²) < 4.78 is 18.1. The Bertz CT molecular complexity index is 814. The van der Waals surface area contributed by atoms with E-state index < -0.39 is 6.04 Å². The summed E-state index contributed by atoms with van der Waals surface area (Å²) in [5.41, 5.74) is 0.932. The highest BCUT2D eigenvalue weighted by molar-refractivity contribution is 6.31. The van der Waals surface area contributed by atoms with E-state index in [1.807, 2.05) is 0 Å². The smallest absolute Gasteiger partial charge is 0.241 e. The van der Waals surface area contributed by atoms with Gasteiger partial charge in [0.15, 0.2) is 0 Å². The molecule has 0 spiro atoms. The topological polar surface area (TPSA) is 70.7 Å². The Hall–Kier alpha value is -2.64. The SMILES string of the molecule is COc1ccc(Cl)cc1NC(=O)CN(C)[C@@H](C)C(=O)Nc1ccc(F)cc1. The lowest BCUT2D eigenvalue weighted by molar-refractivity contribution is -0.122. The third-order valence-corrected chi connectivity index (χ3v) is 4.22. The van der Waals surface area contributed by atoms with Crippen molar-refractivity contribution in [3.05, 3.63) is 53.3 Å². The number of methoxy groups -OCH3 is 1. The van der Waals surface area contributed by atoms with Crippen molar-refractivity contribution >= 4 is 34.8 Å². The van der Waals surface area contributed by atoms with Crippen LogP contribution in [0.2, 0.25) is 5.02 Å². The van der Waals surface area contributed by atoms with Crippen LogP contribution in [0.5, 0.6) is 5.75 Å². The van der Waals surface area contributed by atoms with Crippen LogP contribution >= 0.6 is 11.6 Å². The lowest BCUT2D eigenvalue weighted by Gasteiger charge is -2.23. The molecule has 0 saturated heterocycles. The Morgan fingerprint density at radius 1 is 1.19 bits per heavy atom. The van der Waals surface area contributed by atoms with Gasteiger partial charge in [0.2, 0.25) is 11.8 Å². The fourth-order valence-corrected chi connectivity index (χ4v) is 2.48. The van der Waals surface area contributed by atoms with Crippen molar-refractivity contribution in [3.63, 3.8) is 0 Å². The van der Waals surface area contributed by atoms with Crippen LogP contribution in [0.15, 0.2) is 42.5 Å². The second-order valence-corrected chi connectivity index (χ2v) is 6.42. The monoisotopic (exact) mass is 393 g/mol. The number of ether oxygens (including phenoxy) is 1. The second kappa shape index (κ2) is 9.34. The van der Waals surface area contributed by atoms with Crippen LogP contribution in [0.25, 0.3) is 0 Å². The molecule has 0 aliphatic carbocycles. The van der Waals surface area contributed by atoms with Crippen molar-refractivity contribution in [2.75, 3.05) is 31.3 Å². The molecule has 0 aliphatic heterocycles. The maximum absolute atomic E-state index is 12.9. The van der Waals surface area contributed by atoms with E-state index in [0.29, 0.717) is 22.1 Å². The first-order chi connectivity index (χ1) is 12.8. The van der Waals surface area contributed by atoms with Crippen molar-refractivity contribution in [3.8, 4) is 5.75 Å². The highest BCUT2D eigenvalue weighted by Crippen LogP contribution is 2.27. The molecule has 0 aromatic heterocycles. The normalized spacial score (nSPS) is 11.8. The average molecular weight is 394 g/mol. The zero-order valence-corrected chi connectivity index (χ0v) is 16.0. The lowest BCUT2D eigenvalue weighted by atomic mass is 10.2. The lowest BCUT2D eigenvalue weighted by Crippen LogP contribution is -2.43.